The molecule has 234 valence electrons. The monoisotopic (exact) mass is 680 g/mol. The maximum Gasteiger partial charge on any atom is 0.422 e. The van der Waals surface area contributed by atoms with E-state index in [1.165, 1.54) is 4.90 Å². The van der Waals surface area contributed by atoms with Crippen molar-refractivity contribution in [1.82, 2.24) is 9.97 Å². The highest BCUT2D eigenvalue weighted by Crippen LogP contribution is 2.27. The van der Waals surface area contributed by atoms with Gasteiger partial charge in [-0.2, -0.15) is 36.3 Å². The molecule has 0 fully saturated rings. The van der Waals surface area contributed by atoms with E-state index in [-0.39, 0.29) is 19.4 Å². The first kappa shape index (κ1) is 33.9. The summed E-state index contributed by atoms with van der Waals surface area (Å²) in [5.74, 6) is -2.20. The van der Waals surface area contributed by atoms with Crippen LogP contribution < -0.4 is 19.3 Å². The summed E-state index contributed by atoms with van der Waals surface area (Å²) in [6.07, 6.45) is -9.90. The Balaban J connectivity index is 2.04. The molecule has 3 rings (SSSR count). The number of aromatic nitrogens is 2. The molecule has 2 amide bonds. The summed E-state index contributed by atoms with van der Waals surface area (Å²) in [6, 6.07) is 15.1. The SMILES string of the molecule is CC(C)OCN(C(=O)N(COCc1ccccc1)c1nc(OCC(F)(F)F)cc(OCC(F)(F)F)n1)c1ccc(Br)cc1. The number of nitrogens with zero attached hydrogens (tertiary/aromatic N) is 4. The molecule has 0 bridgehead atoms. The second-order valence-electron chi connectivity index (χ2n) is 9.07. The van der Waals surface area contributed by atoms with E-state index >= 15 is 0 Å². The number of alkyl halides is 6. The Morgan fingerprint density at radius 2 is 1.40 bits per heavy atom. The fraction of sp³-hybridized carbons (Fsp3) is 0.370. The van der Waals surface area contributed by atoms with E-state index in [2.05, 4.69) is 35.4 Å². The molecule has 0 spiro atoms. The summed E-state index contributed by atoms with van der Waals surface area (Å²) in [7, 11) is 0. The molecule has 1 aromatic heterocycles. The Morgan fingerprint density at radius 1 is 0.837 bits per heavy atom. The Labute approximate surface area is 251 Å². The quantitative estimate of drug-likeness (QED) is 0.140. The topological polar surface area (TPSA) is 86.3 Å². The van der Waals surface area contributed by atoms with Crippen molar-refractivity contribution in [2.45, 2.75) is 38.9 Å². The second kappa shape index (κ2) is 15.2. The average molecular weight is 681 g/mol. The number of hydrogen-bond donors (Lipinski definition) is 0. The van der Waals surface area contributed by atoms with Crippen LogP contribution in [-0.4, -0.2) is 61.1 Å². The molecule has 2 aromatic carbocycles. The minimum absolute atomic E-state index is 0.00685. The van der Waals surface area contributed by atoms with E-state index < -0.39 is 56.0 Å². The Bertz CT molecular complexity index is 1280. The maximum absolute atomic E-state index is 14.0. The van der Waals surface area contributed by atoms with Crippen molar-refractivity contribution >= 4 is 33.6 Å². The number of urea groups is 1. The first-order valence-corrected chi connectivity index (χ1v) is 13.4. The van der Waals surface area contributed by atoms with Crippen molar-refractivity contribution in [3.05, 3.63) is 70.7 Å². The van der Waals surface area contributed by atoms with Gasteiger partial charge in [-0.05, 0) is 43.7 Å². The largest absolute Gasteiger partial charge is 0.468 e. The molecule has 0 saturated heterocycles. The third kappa shape index (κ3) is 11.9. The summed E-state index contributed by atoms with van der Waals surface area (Å²) >= 11 is 3.32. The zero-order chi connectivity index (χ0) is 31.6. The number of amides is 2. The summed E-state index contributed by atoms with van der Waals surface area (Å²) in [5.41, 5.74) is 1.07. The third-order valence-electron chi connectivity index (χ3n) is 5.15. The van der Waals surface area contributed by atoms with Crippen molar-refractivity contribution in [2.24, 2.45) is 0 Å². The minimum Gasteiger partial charge on any atom is -0.468 e. The van der Waals surface area contributed by atoms with Crippen LogP contribution in [0.2, 0.25) is 0 Å². The van der Waals surface area contributed by atoms with E-state index in [9.17, 15) is 31.1 Å². The smallest absolute Gasteiger partial charge is 0.422 e. The second-order valence-corrected chi connectivity index (χ2v) is 9.99. The summed E-state index contributed by atoms with van der Waals surface area (Å²) < 4.78 is 98.7. The average Bonchev–Trinajstić information content (AvgIpc) is 2.93. The van der Waals surface area contributed by atoms with E-state index in [1.807, 2.05) is 0 Å². The fourth-order valence-electron chi connectivity index (χ4n) is 3.23. The Kier molecular flexibility index (Phi) is 12.0. The molecular formula is C27H27BrF6N4O5. The van der Waals surface area contributed by atoms with Gasteiger partial charge in [-0.3, -0.25) is 4.90 Å². The van der Waals surface area contributed by atoms with Crippen LogP contribution in [0, 0.1) is 0 Å². The van der Waals surface area contributed by atoms with Gasteiger partial charge in [-0.1, -0.05) is 46.3 Å². The predicted molar refractivity (Wildman–Crippen MR) is 147 cm³/mol. The molecule has 0 aliphatic rings. The van der Waals surface area contributed by atoms with Gasteiger partial charge in [0.1, 0.15) is 13.5 Å². The first-order valence-electron chi connectivity index (χ1n) is 12.6. The highest BCUT2D eigenvalue weighted by Gasteiger charge is 2.32. The van der Waals surface area contributed by atoms with Gasteiger partial charge in [0.25, 0.3) is 0 Å². The number of ether oxygens (including phenoxy) is 4. The van der Waals surface area contributed by atoms with Crippen molar-refractivity contribution < 1.29 is 50.1 Å². The number of halogens is 7. The molecule has 0 aliphatic carbocycles. The summed E-state index contributed by atoms with van der Waals surface area (Å²) in [5, 5.41) is 0. The number of rotatable bonds is 13. The zero-order valence-electron chi connectivity index (χ0n) is 22.9. The lowest BCUT2D eigenvalue weighted by Crippen LogP contribution is -2.46. The van der Waals surface area contributed by atoms with Crippen LogP contribution in [0.15, 0.2) is 65.1 Å². The van der Waals surface area contributed by atoms with Crippen LogP contribution in [0.4, 0.5) is 42.8 Å². The lowest BCUT2D eigenvalue weighted by Gasteiger charge is -2.30. The molecule has 0 saturated carbocycles. The van der Waals surface area contributed by atoms with Crippen LogP contribution in [-0.2, 0) is 16.1 Å². The molecule has 0 unspecified atom stereocenters. The molecule has 3 aromatic rings. The number of anilines is 2. The van der Waals surface area contributed by atoms with E-state index in [4.69, 9.17) is 9.47 Å². The number of hydrogen-bond acceptors (Lipinski definition) is 7. The van der Waals surface area contributed by atoms with Gasteiger partial charge in [0.15, 0.2) is 13.2 Å². The molecule has 1 heterocycles. The summed E-state index contributed by atoms with van der Waals surface area (Å²) in [4.78, 5) is 23.7. The Morgan fingerprint density at radius 3 is 1.91 bits per heavy atom. The fourth-order valence-corrected chi connectivity index (χ4v) is 3.49. The molecule has 0 radical (unpaired) electrons. The lowest BCUT2D eigenvalue weighted by atomic mass is 10.2. The maximum atomic E-state index is 14.0. The van der Waals surface area contributed by atoms with Crippen LogP contribution in [0.1, 0.15) is 19.4 Å². The van der Waals surface area contributed by atoms with Gasteiger partial charge in [0.2, 0.25) is 17.7 Å². The van der Waals surface area contributed by atoms with Gasteiger partial charge < -0.3 is 18.9 Å². The van der Waals surface area contributed by atoms with Crippen molar-refractivity contribution in [3.63, 3.8) is 0 Å². The Hall–Kier alpha value is -3.63. The predicted octanol–water partition coefficient (Wildman–Crippen LogP) is 7.11. The minimum atomic E-state index is -4.79. The van der Waals surface area contributed by atoms with Gasteiger partial charge in [-0.15, -0.1) is 0 Å². The van der Waals surface area contributed by atoms with Gasteiger partial charge in [0, 0.05) is 10.2 Å². The standard InChI is InChI=1S/C27H27BrF6N4O5/c1-18(2)43-17-37(21-10-8-20(28)9-11-21)25(39)38(16-40-13-19-6-4-3-5-7-19)24-35-22(41-14-26(29,30)31)12-23(36-24)42-15-27(32,33)34/h3-12,18H,13-17H2,1-2H3. The molecule has 43 heavy (non-hydrogen) atoms. The lowest BCUT2D eigenvalue weighted by molar-refractivity contribution is -0.154. The van der Waals surface area contributed by atoms with Crippen LogP contribution in [0.5, 0.6) is 11.8 Å². The molecule has 0 N–H and O–H groups in total. The van der Waals surface area contributed by atoms with E-state index in [1.54, 1.807) is 68.4 Å². The highest BCUT2D eigenvalue weighted by molar-refractivity contribution is 9.10. The molecule has 0 atom stereocenters. The number of benzene rings is 2. The van der Waals surface area contributed by atoms with E-state index in [0.29, 0.717) is 16.2 Å². The van der Waals surface area contributed by atoms with Gasteiger partial charge >= 0.3 is 18.4 Å². The molecular weight excluding hydrogens is 654 g/mol. The molecule has 9 nitrogen and oxygen atoms in total. The third-order valence-corrected chi connectivity index (χ3v) is 5.67. The van der Waals surface area contributed by atoms with Crippen LogP contribution in [0.3, 0.4) is 0 Å². The summed E-state index contributed by atoms with van der Waals surface area (Å²) in [6.45, 7) is -1.01. The van der Waals surface area contributed by atoms with Gasteiger partial charge in [-0.25, -0.2) is 9.69 Å². The van der Waals surface area contributed by atoms with Crippen molar-refractivity contribution in [3.8, 4) is 11.8 Å². The van der Waals surface area contributed by atoms with Crippen LogP contribution in [0.25, 0.3) is 0 Å². The normalized spacial score (nSPS) is 11.9. The number of carbonyl (C=O) groups is 1. The first-order chi connectivity index (χ1) is 20.2. The molecule has 16 heteroatoms. The van der Waals surface area contributed by atoms with Gasteiger partial charge in [0.05, 0.1) is 18.8 Å². The van der Waals surface area contributed by atoms with E-state index in [0.717, 1.165) is 10.5 Å². The number of carbonyl (C=O) groups excluding carboxylic acids is 1. The van der Waals surface area contributed by atoms with Crippen LogP contribution >= 0.6 is 15.9 Å². The highest BCUT2D eigenvalue weighted by atomic mass is 79.9. The molecule has 0 aliphatic heterocycles. The van der Waals surface area contributed by atoms with Crippen molar-refractivity contribution in [1.29, 1.82) is 0 Å². The van der Waals surface area contributed by atoms with Crippen molar-refractivity contribution in [2.75, 3.05) is 36.5 Å². The zero-order valence-corrected chi connectivity index (χ0v) is 24.4.